The highest BCUT2D eigenvalue weighted by Gasteiger charge is 2.16. The Morgan fingerprint density at radius 3 is 2.62 bits per heavy atom. The van der Waals surface area contributed by atoms with Crippen LogP contribution >= 0.6 is 0 Å². The van der Waals surface area contributed by atoms with Crippen molar-refractivity contribution >= 4 is 0 Å². The second kappa shape index (κ2) is 5.53. The van der Waals surface area contributed by atoms with Gasteiger partial charge in [0.25, 0.3) is 5.89 Å². The van der Waals surface area contributed by atoms with Crippen LogP contribution in [-0.4, -0.2) is 27.2 Å². The molecule has 3 heterocycles. The molecule has 3 aromatic heterocycles. The molecule has 7 nitrogen and oxygen atoms in total. The van der Waals surface area contributed by atoms with E-state index in [4.69, 9.17) is 13.5 Å². The Bertz CT molecular complexity index is 714. The van der Waals surface area contributed by atoms with E-state index in [0.717, 1.165) is 22.8 Å². The van der Waals surface area contributed by atoms with Gasteiger partial charge in [0.05, 0.1) is 12.0 Å². The molecule has 0 fully saturated rings. The van der Waals surface area contributed by atoms with Gasteiger partial charge in [0.1, 0.15) is 17.1 Å². The lowest BCUT2D eigenvalue weighted by atomic mass is 10.3. The molecule has 0 aliphatic heterocycles. The zero-order valence-corrected chi connectivity index (χ0v) is 12.2. The molecule has 0 aliphatic rings. The third-order valence-corrected chi connectivity index (χ3v) is 3.21. The number of rotatable bonds is 5. The molecule has 0 unspecified atom stereocenters. The van der Waals surface area contributed by atoms with Gasteiger partial charge in [0, 0.05) is 13.1 Å². The average molecular weight is 288 g/mol. The van der Waals surface area contributed by atoms with Gasteiger partial charge in [0.15, 0.2) is 5.76 Å². The zero-order chi connectivity index (χ0) is 14.8. The minimum absolute atomic E-state index is 0.500. The van der Waals surface area contributed by atoms with E-state index in [1.54, 1.807) is 12.3 Å². The SMILES string of the molecule is Cc1nonc1CN(C)Cc1nc(-c2ccco2)oc1C. The summed E-state index contributed by atoms with van der Waals surface area (Å²) >= 11 is 0. The lowest BCUT2D eigenvalue weighted by Crippen LogP contribution is -2.18. The van der Waals surface area contributed by atoms with E-state index in [2.05, 4.69) is 20.2 Å². The maximum Gasteiger partial charge on any atom is 0.263 e. The van der Waals surface area contributed by atoms with Crippen LogP contribution in [0.15, 0.2) is 31.9 Å². The lowest BCUT2D eigenvalue weighted by Gasteiger charge is -2.13. The van der Waals surface area contributed by atoms with Gasteiger partial charge in [-0.2, -0.15) is 0 Å². The lowest BCUT2D eigenvalue weighted by molar-refractivity contribution is 0.277. The third kappa shape index (κ3) is 2.87. The Morgan fingerprint density at radius 1 is 1.14 bits per heavy atom. The number of aryl methyl sites for hydroxylation is 2. The molecule has 0 radical (unpaired) electrons. The number of hydrogen-bond donors (Lipinski definition) is 0. The molecule has 0 aliphatic carbocycles. The van der Waals surface area contributed by atoms with Gasteiger partial charge >= 0.3 is 0 Å². The van der Waals surface area contributed by atoms with Gasteiger partial charge in [-0.15, -0.1) is 0 Å². The van der Waals surface area contributed by atoms with E-state index < -0.39 is 0 Å². The molecule has 7 heteroatoms. The quantitative estimate of drug-likeness (QED) is 0.713. The Hall–Kier alpha value is -2.41. The second-order valence-corrected chi connectivity index (χ2v) is 4.97. The molecular weight excluding hydrogens is 272 g/mol. The summed E-state index contributed by atoms with van der Waals surface area (Å²) in [6, 6.07) is 3.63. The van der Waals surface area contributed by atoms with E-state index in [1.165, 1.54) is 0 Å². The highest BCUT2D eigenvalue weighted by atomic mass is 16.6. The molecule has 3 aromatic rings. The van der Waals surface area contributed by atoms with Crippen molar-refractivity contribution in [2.45, 2.75) is 26.9 Å². The number of furan rings is 1. The van der Waals surface area contributed by atoms with Crippen molar-refractivity contribution in [3.05, 3.63) is 41.2 Å². The highest BCUT2D eigenvalue weighted by Crippen LogP contribution is 2.22. The van der Waals surface area contributed by atoms with Gasteiger partial charge in [-0.05, 0) is 33.0 Å². The summed E-state index contributed by atoms with van der Waals surface area (Å²) < 4.78 is 15.6. The Kier molecular flexibility index (Phi) is 3.57. The van der Waals surface area contributed by atoms with Gasteiger partial charge in [-0.1, -0.05) is 10.3 Å². The summed E-state index contributed by atoms with van der Waals surface area (Å²) in [6.45, 7) is 5.04. The summed E-state index contributed by atoms with van der Waals surface area (Å²) in [4.78, 5) is 6.56. The predicted octanol–water partition coefficient (Wildman–Crippen LogP) is 2.57. The molecular formula is C14H16N4O3. The van der Waals surface area contributed by atoms with Crippen molar-refractivity contribution in [3.8, 4) is 11.7 Å². The maximum atomic E-state index is 5.64. The average Bonchev–Trinajstić information content (AvgIpc) is 3.14. The molecule has 0 amide bonds. The largest absolute Gasteiger partial charge is 0.459 e. The number of nitrogens with zero attached hydrogens (tertiary/aromatic N) is 4. The zero-order valence-electron chi connectivity index (χ0n) is 12.2. The monoisotopic (exact) mass is 288 g/mol. The molecule has 21 heavy (non-hydrogen) atoms. The Morgan fingerprint density at radius 2 is 1.95 bits per heavy atom. The fourth-order valence-corrected chi connectivity index (χ4v) is 2.04. The number of aromatic nitrogens is 3. The first-order valence-electron chi connectivity index (χ1n) is 6.60. The summed E-state index contributed by atoms with van der Waals surface area (Å²) in [6.07, 6.45) is 1.60. The smallest absolute Gasteiger partial charge is 0.263 e. The van der Waals surface area contributed by atoms with Crippen molar-refractivity contribution in [1.82, 2.24) is 20.2 Å². The third-order valence-electron chi connectivity index (χ3n) is 3.21. The first kappa shape index (κ1) is 13.6. The summed E-state index contributed by atoms with van der Waals surface area (Å²) in [5.41, 5.74) is 2.50. The van der Waals surface area contributed by atoms with Crippen LogP contribution < -0.4 is 0 Å². The standard InChI is InChI=1S/C14H16N4O3/c1-9-11(17-21-16-9)7-18(3)8-12-10(2)20-14(15-12)13-5-4-6-19-13/h4-6H,7-8H2,1-3H3. The van der Waals surface area contributed by atoms with Crippen LogP contribution in [0.25, 0.3) is 11.7 Å². The number of oxazole rings is 1. The molecule has 0 atom stereocenters. The van der Waals surface area contributed by atoms with E-state index in [9.17, 15) is 0 Å². The molecule has 0 N–H and O–H groups in total. The normalized spacial score (nSPS) is 11.4. The van der Waals surface area contributed by atoms with Crippen LogP contribution in [0.2, 0.25) is 0 Å². The minimum atomic E-state index is 0.500. The van der Waals surface area contributed by atoms with Crippen LogP contribution in [0.3, 0.4) is 0 Å². The van der Waals surface area contributed by atoms with Crippen LogP contribution in [0, 0.1) is 13.8 Å². The number of hydrogen-bond acceptors (Lipinski definition) is 7. The van der Waals surface area contributed by atoms with E-state index in [-0.39, 0.29) is 0 Å². The molecule has 0 saturated carbocycles. The predicted molar refractivity (Wildman–Crippen MR) is 73.1 cm³/mol. The van der Waals surface area contributed by atoms with Crippen LogP contribution in [-0.2, 0) is 13.1 Å². The fourth-order valence-electron chi connectivity index (χ4n) is 2.04. The van der Waals surface area contributed by atoms with Crippen LogP contribution in [0.1, 0.15) is 22.8 Å². The van der Waals surface area contributed by atoms with Crippen molar-refractivity contribution in [1.29, 1.82) is 0 Å². The molecule has 0 aromatic carbocycles. The summed E-state index contributed by atoms with van der Waals surface area (Å²) in [5, 5.41) is 7.65. The topological polar surface area (TPSA) is 81.3 Å². The fraction of sp³-hybridized carbons (Fsp3) is 0.357. The molecule has 3 rings (SSSR count). The van der Waals surface area contributed by atoms with Gasteiger partial charge in [0.2, 0.25) is 0 Å². The van der Waals surface area contributed by atoms with E-state index in [0.29, 0.717) is 24.7 Å². The van der Waals surface area contributed by atoms with Gasteiger partial charge in [-0.3, -0.25) is 4.90 Å². The summed E-state index contributed by atoms with van der Waals surface area (Å²) in [7, 11) is 1.98. The Balaban J connectivity index is 1.71. The van der Waals surface area contributed by atoms with Crippen LogP contribution in [0.4, 0.5) is 0 Å². The molecule has 110 valence electrons. The molecule has 0 spiro atoms. The van der Waals surface area contributed by atoms with E-state index in [1.807, 2.05) is 27.0 Å². The molecule has 0 bridgehead atoms. The van der Waals surface area contributed by atoms with E-state index >= 15 is 0 Å². The maximum absolute atomic E-state index is 5.64. The van der Waals surface area contributed by atoms with Crippen molar-refractivity contribution < 1.29 is 13.5 Å². The van der Waals surface area contributed by atoms with Gasteiger partial charge in [-0.25, -0.2) is 9.61 Å². The highest BCUT2D eigenvalue weighted by molar-refractivity contribution is 5.44. The van der Waals surface area contributed by atoms with Crippen LogP contribution in [0.5, 0.6) is 0 Å². The van der Waals surface area contributed by atoms with Crippen molar-refractivity contribution in [2.24, 2.45) is 0 Å². The summed E-state index contributed by atoms with van der Waals surface area (Å²) in [5.74, 6) is 1.91. The van der Waals surface area contributed by atoms with Crippen molar-refractivity contribution in [3.63, 3.8) is 0 Å². The first-order chi connectivity index (χ1) is 10.1. The Labute approximate surface area is 121 Å². The van der Waals surface area contributed by atoms with Crippen molar-refractivity contribution in [2.75, 3.05) is 7.05 Å². The minimum Gasteiger partial charge on any atom is -0.459 e. The molecule has 0 saturated heterocycles. The van der Waals surface area contributed by atoms with Gasteiger partial charge < -0.3 is 8.83 Å². The second-order valence-electron chi connectivity index (χ2n) is 4.97. The first-order valence-corrected chi connectivity index (χ1v) is 6.60.